The van der Waals surface area contributed by atoms with Crippen LogP contribution in [0.25, 0.3) is 0 Å². The van der Waals surface area contributed by atoms with Crippen LogP contribution in [0, 0.1) is 0 Å². The number of rotatable bonds is 15. The summed E-state index contributed by atoms with van der Waals surface area (Å²) in [5, 5.41) is -1.14. The van der Waals surface area contributed by atoms with Crippen molar-refractivity contribution in [2.75, 3.05) is 33.0 Å². The molecule has 1 aromatic carbocycles. The highest BCUT2D eigenvalue weighted by atomic mass is 31.2. The Kier molecular flexibility index (Phi) is 12.5. The van der Waals surface area contributed by atoms with Crippen LogP contribution in [0.2, 0.25) is 0 Å². The Morgan fingerprint density at radius 3 is 1.73 bits per heavy atom. The standard InChI is InChI=1S/C19H32O9P2/c1-5-24-29(21,25-6-2)18(30(22,26-7-3)27-8-4)15-12-16-23-19(20)28-17-13-10-9-11-14-17/h9-11,13-14,18H,5-8,12,15-16H2,1-4H3. The van der Waals surface area contributed by atoms with Crippen molar-refractivity contribution in [2.24, 2.45) is 0 Å². The number of hydrogen-bond acceptors (Lipinski definition) is 9. The summed E-state index contributed by atoms with van der Waals surface area (Å²) in [5.41, 5.74) is 0. The summed E-state index contributed by atoms with van der Waals surface area (Å²) in [6.07, 6.45) is -0.566. The molecule has 9 nitrogen and oxygen atoms in total. The molecule has 0 saturated heterocycles. The molecule has 0 unspecified atom stereocenters. The van der Waals surface area contributed by atoms with E-state index in [1.807, 2.05) is 0 Å². The summed E-state index contributed by atoms with van der Waals surface area (Å²) >= 11 is 0. The van der Waals surface area contributed by atoms with Crippen molar-refractivity contribution in [1.29, 1.82) is 0 Å². The minimum atomic E-state index is -3.81. The van der Waals surface area contributed by atoms with Crippen LogP contribution in [-0.4, -0.2) is 44.6 Å². The average Bonchev–Trinajstić information content (AvgIpc) is 2.69. The van der Waals surface area contributed by atoms with Crippen molar-refractivity contribution in [3.8, 4) is 5.75 Å². The molecule has 0 heterocycles. The number of carbonyl (C=O) groups is 1. The largest absolute Gasteiger partial charge is 0.513 e. The van der Waals surface area contributed by atoms with E-state index in [1.165, 1.54) is 0 Å². The van der Waals surface area contributed by atoms with Gasteiger partial charge in [0.1, 0.15) is 5.75 Å². The Labute approximate surface area is 178 Å². The number of hydrogen-bond donors (Lipinski definition) is 0. The lowest BCUT2D eigenvalue weighted by molar-refractivity contribution is 0.0973. The maximum Gasteiger partial charge on any atom is 0.513 e. The van der Waals surface area contributed by atoms with E-state index in [4.69, 9.17) is 27.6 Å². The molecule has 0 saturated carbocycles. The van der Waals surface area contributed by atoms with Gasteiger partial charge >= 0.3 is 21.3 Å². The highest BCUT2D eigenvalue weighted by molar-refractivity contribution is 7.72. The number of benzene rings is 1. The normalized spacial score (nSPS) is 12.2. The zero-order chi connectivity index (χ0) is 22.5. The van der Waals surface area contributed by atoms with Gasteiger partial charge in [-0.25, -0.2) is 4.79 Å². The lowest BCUT2D eigenvalue weighted by Crippen LogP contribution is -2.19. The van der Waals surface area contributed by atoms with Crippen molar-refractivity contribution in [1.82, 2.24) is 0 Å². The molecule has 172 valence electrons. The van der Waals surface area contributed by atoms with Gasteiger partial charge in [0.25, 0.3) is 0 Å². The second-order valence-electron chi connectivity index (χ2n) is 5.89. The molecule has 1 rings (SSSR count). The second-order valence-corrected chi connectivity index (χ2v) is 10.7. The number of ether oxygens (including phenoxy) is 2. The van der Waals surface area contributed by atoms with Crippen molar-refractivity contribution in [3.05, 3.63) is 30.3 Å². The maximum absolute atomic E-state index is 13.4. The molecule has 0 spiro atoms. The van der Waals surface area contributed by atoms with Gasteiger partial charge in [-0.05, 0) is 52.7 Å². The van der Waals surface area contributed by atoms with Gasteiger partial charge in [0.15, 0.2) is 5.40 Å². The van der Waals surface area contributed by atoms with Crippen molar-refractivity contribution in [2.45, 2.75) is 45.9 Å². The van der Waals surface area contributed by atoms with Gasteiger partial charge in [-0.15, -0.1) is 0 Å². The minimum Gasteiger partial charge on any atom is -0.434 e. The first kappa shape index (κ1) is 26.8. The van der Waals surface area contributed by atoms with Gasteiger partial charge < -0.3 is 27.6 Å². The Morgan fingerprint density at radius 2 is 1.30 bits per heavy atom. The lowest BCUT2D eigenvalue weighted by Gasteiger charge is -2.31. The third-order valence-corrected chi connectivity index (χ3v) is 9.88. The van der Waals surface area contributed by atoms with Gasteiger partial charge in [0.2, 0.25) is 0 Å². The van der Waals surface area contributed by atoms with Crippen LogP contribution in [0.3, 0.4) is 0 Å². The van der Waals surface area contributed by atoms with Gasteiger partial charge in [-0.2, -0.15) is 0 Å². The first-order valence-electron chi connectivity index (χ1n) is 10.0. The summed E-state index contributed by atoms with van der Waals surface area (Å²) in [6.45, 7) is 7.03. The predicted molar refractivity (Wildman–Crippen MR) is 113 cm³/mol. The highest BCUT2D eigenvalue weighted by Crippen LogP contribution is 2.71. The summed E-state index contributed by atoms with van der Waals surface area (Å²) in [5.74, 6) is 0.356. The molecule has 0 fully saturated rings. The highest BCUT2D eigenvalue weighted by Gasteiger charge is 2.50. The van der Waals surface area contributed by atoms with Crippen LogP contribution in [0.5, 0.6) is 5.75 Å². The van der Waals surface area contributed by atoms with Gasteiger partial charge in [0.05, 0.1) is 33.0 Å². The fraction of sp³-hybridized carbons (Fsp3) is 0.632. The van der Waals surface area contributed by atoms with Crippen LogP contribution >= 0.6 is 15.2 Å². The predicted octanol–water partition coefficient (Wildman–Crippen LogP) is 5.84. The van der Waals surface area contributed by atoms with Crippen LogP contribution in [-0.2, 0) is 32.0 Å². The summed E-state index contributed by atoms with van der Waals surface area (Å²) < 4.78 is 58.4. The third kappa shape index (κ3) is 8.50. The molecule has 1 aromatic rings. The van der Waals surface area contributed by atoms with E-state index in [-0.39, 0.29) is 45.9 Å². The number of carbonyl (C=O) groups excluding carboxylic acids is 1. The van der Waals surface area contributed by atoms with E-state index in [2.05, 4.69) is 0 Å². The maximum atomic E-state index is 13.4. The first-order chi connectivity index (χ1) is 14.3. The zero-order valence-electron chi connectivity index (χ0n) is 18.0. The van der Waals surface area contributed by atoms with Gasteiger partial charge in [-0.3, -0.25) is 9.13 Å². The monoisotopic (exact) mass is 466 g/mol. The Morgan fingerprint density at radius 1 is 0.833 bits per heavy atom. The van der Waals surface area contributed by atoms with E-state index in [0.717, 1.165) is 0 Å². The first-order valence-corrected chi connectivity index (χ1v) is 13.2. The van der Waals surface area contributed by atoms with Crippen LogP contribution in [0.1, 0.15) is 40.5 Å². The molecule has 0 bridgehead atoms. The van der Waals surface area contributed by atoms with Crippen LogP contribution in [0.4, 0.5) is 4.79 Å². The zero-order valence-corrected chi connectivity index (χ0v) is 19.8. The van der Waals surface area contributed by atoms with Crippen molar-refractivity contribution >= 4 is 21.3 Å². The smallest absolute Gasteiger partial charge is 0.434 e. The molecular formula is C19H32O9P2. The molecule has 0 aliphatic rings. The molecule has 0 atom stereocenters. The molecule has 0 aromatic heterocycles. The van der Waals surface area contributed by atoms with E-state index in [9.17, 15) is 13.9 Å². The SMILES string of the molecule is CCOP(=O)(OCC)C(CCCOC(=O)Oc1ccccc1)P(=O)(OCC)OCC. The molecule has 0 amide bonds. The van der Waals surface area contributed by atoms with Crippen LogP contribution < -0.4 is 4.74 Å². The molecule has 11 heteroatoms. The minimum absolute atomic E-state index is 0.0430. The summed E-state index contributed by atoms with van der Waals surface area (Å²) in [7, 11) is -7.63. The molecule has 0 N–H and O–H groups in total. The fourth-order valence-electron chi connectivity index (χ4n) is 2.66. The average molecular weight is 466 g/mol. The molecular weight excluding hydrogens is 434 g/mol. The second kappa shape index (κ2) is 14.0. The number of para-hydroxylation sites is 1. The van der Waals surface area contributed by atoms with E-state index in [0.29, 0.717) is 5.75 Å². The van der Waals surface area contributed by atoms with E-state index >= 15 is 0 Å². The summed E-state index contributed by atoms with van der Waals surface area (Å²) in [6, 6.07) is 8.50. The fourth-order valence-corrected chi connectivity index (χ4v) is 8.12. The Balaban J connectivity index is 2.83. The summed E-state index contributed by atoms with van der Waals surface area (Å²) in [4.78, 5) is 11.8. The Bertz CT molecular complexity index is 661. The topological polar surface area (TPSA) is 107 Å². The van der Waals surface area contributed by atoms with Crippen LogP contribution in [0.15, 0.2) is 30.3 Å². The third-order valence-electron chi connectivity index (χ3n) is 3.74. The Hall–Kier alpha value is -1.21. The van der Waals surface area contributed by atoms with E-state index < -0.39 is 26.7 Å². The van der Waals surface area contributed by atoms with Crippen molar-refractivity contribution in [3.63, 3.8) is 0 Å². The quantitative estimate of drug-likeness (QED) is 0.136. The molecule has 0 radical (unpaired) electrons. The van der Waals surface area contributed by atoms with Crippen molar-refractivity contribution < 1.29 is 41.5 Å². The molecule has 0 aliphatic heterocycles. The molecule has 0 aliphatic carbocycles. The van der Waals surface area contributed by atoms with Gasteiger partial charge in [-0.1, -0.05) is 18.2 Å². The van der Waals surface area contributed by atoms with Gasteiger partial charge in [0, 0.05) is 0 Å². The van der Waals surface area contributed by atoms with E-state index in [1.54, 1.807) is 58.0 Å². The molecule has 30 heavy (non-hydrogen) atoms. The lowest BCUT2D eigenvalue weighted by atomic mass is 10.3.